The van der Waals surface area contributed by atoms with Crippen molar-refractivity contribution in [1.82, 2.24) is 0 Å². The number of nitrogens with one attached hydrogen (secondary N) is 1. The van der Waals surface area contributed by atoms with Gasteiger partial charge >= 0.3 is 0 Å². The van der Waals surface area contributed by atoms with Crippen LogP contribution in [0.3, 0.4) is 0 Å². The summed E-state index contributed by atoms with van der Waals surface area (Å²) in [6.07, 6.45) is 2.66. The van der Waals surface area contributed by atoms with Crippen molar-refractivity contribution in [3.05, 3.63) is 23.8 Å². The molecule has 1 aromatic rings. The Morgan fingerprint density at radius 3 is 2.75 bits per heavy atom. The van der Waals surface area contributed by atoms with Crippen LogP contribution in [0, 0.1) is 6.92 Å². The Morgan fingerprint density at radius 1 is 1.50 bits per heavy atom. The van der Waals surface area contributed by atoms with Crippen LogP contribution in [0.1, 0.15) is 18.9 Å². The monoisotopic (exact) mass is 240 g/mol. The summed E-state index contributed by atoms with van der Waals surface area (Å²) in [5, 5.41) is 3.55. The van der Waals surface area contributed by atoms with Gasteiger partial charge in [0.2, 0.25) is 0 Å². The lowest BCUT2D eigenvalue weighted by molar-refractivity contribution is 0.672. The third kappa shape index (κ3) is 3.85. The van der Waals surface area contributed by atoms with Crippen molar-refractivity contribution in [3.8, 4) is 0 Å². The number of aryl methyl sites for hydroxylation is 1. The Balaban J connectivity index is 2.43. The van der Waals surface area contributed by atoms with Gasteiger partial charge in [0.05, 0.1) is 0 Å². The molecule has 1 rings (SSSR count). The maximum atomic E-state index is 11.2. The van der Waals surface area contributed by atoms with Gasteiger partial charge in [-0.2, -0.15) is 0 Å². The third-order valence-corrected chi connectivity index (χ3v) is 4.09. The molecule has 3 N–H and O–H groups in total. The molecular weight excluding hydrogens is 220 g/mol. The summed E-state index contributed by atoms with van der Waals surface area (Å²) in [7, 11) is -0.736. The second kappa shape index (κ2) is 5.89. The van der Waals surface area contributed by atoms with E-state index in [1.54, 1.807) is 6.26 Å². The Bertz CT molecular complexity index is 379. The first-order valence-electron chi connectivity index (χ1n) is 5.43. The van der Waals surface area contributed by atoms with Crippen LogP contribution in [0.25, 0.3) is 0 Å². The zero-order valence-corrected chi connectivity index (χ0v) is 10.9. The second-order valence-electron chi connectivity index (χ2n) is 4.10. The zero-order chi connectivity index (χ0) is 12.1. The van der Waals surface area contributed by atoms with Crippen LogP contribution in [0.5, 0.6) is 0 Å². The van der Waals surface area contributed by atoms with Gasteiger partial charge < -0.3 is 11.1 Å². The van der Waals surface area contributed by atoms with Crippen LogP contribution in [-0.4, -0.2) is 22.3 Å². The van der Waals surface area contributed by atoms with E-state index in [0.29, 0.717) is 0 Å². The van der Waals surface area contributed by atoms with E-state index in [1.807, 2.05) is 32.0 Å². The third-order valence-electron chi connectivity index (χ3n) is 2.72. The van der Waals surface area contributed by atoms with Crippen molar-refractivity contribution < 1.29 is 4.21 Å². The highest BCUT2D eigenvalue weighted by atomic mass is 32.2. The average Bonchev–Trinajstić information content (AvgIpc) is 2.23. The predicted octanol–water partition coefficient (Wildman–Crippen LogP) is 2.15. The summed E-state index contributed by atoms with van der Waals surface area (Å²) < 4.78 is 11.2. The van der Waals surface area contributed by atoms with Crippen LogP contribution in [-0.2, 0) is 10.8 Å². The van der Waals surface area contributed by atoms with E-state index in [1.165, 1.54) is 0 Å². The molecule has 3 nitrogen and oxygen atoms in total. The first-order chi connectivity index (χ1) is 7.50. The Hall–Kier alpha value is -1.03. The van der Waals surface area contributed by atoms with Crippen molar-refractivity contribution in [1.29, 1.82) is 0 Å². The molecule has 0 saturated carbocycles. The Kier molecular flexibility index (Phi) is 4.80. The Morgan fingerprint density at radius 2 is 2.19 bits per heavy atom. The molecule has 0 aromatic heterocycles. The van der Waals surface area contributed by atoms with Gasteiger partial charge in [-0.15, -0.1) is 0 Å². The number of hydrogen-bond donors (Lipinski definition) is 2. The summed E-state index contributed by atoms with van der Waals surface area (Å²) in [6, 6.07) is 5.90. The average molecular weight is 240 g/mol. The molecule has 4 heteroatoms. The topological polar surface area (TPSA) is 55.1 Å². The van der Waals surface area contributed by atoms with Gasteiger partial charge in [0.15, 0.2) is 0 Å². The lowest BCUT2D eigenvalue weighted by atomic mass is 10.2. The molecule has 0 bridgehead atoms. The molecule has 0 radical (unpaired) electrons. The normalized spacial score (nSPS) is 14.4. The Labute approximate surface area is 99.9 Å². The number of benzene rings is 1. The number of rotatable bonds is 5. The molecule has 0 spiro atoms. The molecule has 0 aliphatic rings. The lowest BCUT2D eigenvalue weighted by Crippen LogP contribution is -2.14. The van der Waals surface area contributed by atoms with Crippen LogP contribution < -0.4 is 11.1 Å². The van der Waals surface area contributed by atoms with Crippen LogP contribution >= 0.6 is 0 Å². The fourth-order valence-corrected chi connectivity index (χ4v) is 1.82. The van der Waals surface area contributed by atoms with Crippen molar-refractivity contribution in [2.75, 3.05) is 23.9 Å². The van der Waals surface area contributed by atoms with Crippen LogP contribution in [0.15, 0.2) is 18.2 Å². The van der Waals surface area contributed by atoms with Crippen molar-refractivity contribution >= 4 is 22.2 Å². The lowest BCUT2D eigenvalue weighted by Gasteiger charge is -2.11. The number of hydrogen-bond acceptors (Lipinski definition) is 3. The highest BCUT2D eigenvalue weighted by Crippen LogP contribution is 2.16. The van der Waals surface area contributed by atoms with Crippen molar-refractivity contribution in [2.45, 2.75) is 25.5 Å². The van der Waals surface area contributed by atoms with Gasteiger partial charge in [-0.3, -0.25) is 4.21 Å². The standard InChI is InChI=1S/C12H20N2OS/c1-9-8-11(4-5-12(9)13)14-7-6-10(2)16(3)15/h4-5,8,10,14H,6-7,13H2,1-3H3. The maximum Gasteiger partial charge on any atom is 0.0345 e. The summed E-state index contributed by atoms with van der Waals surface area (Å²) in [6.45, 7) is 4.83. The molecule has 0 heterocycles. The fraction of sp³-hybridized carbons (Fsp3) is 0.500. The van der Waals surface area contributed by atoms with E-state index in [-0.39, 0.29) is 5.25 Å². The van der Waals surface area contributed by atoms with E-state index in [4.69, 9.17) is 5.73 Å². The smallest absolute Gasteiger partial charge is 0.0345 e. The van der Waals surface area contributed by atoms with Gasteiger partial charge in [-0.05, 0) is 37.1 Å². The molecule has 2 unspecified atom stereocenters. The SMILES string of the molecule is Cc1cc(NCCC(C)S(C)=O)ccc1N. The summed E-state index contributed by atoms with van der Waals surface area (Å²) in [5.74, 6) is 0. The van der Waals surface area contributed by atoms with Gasteiger partial charge in [-0.25, -0.2) is 0 Å². The van der Waals surface area contributed by atoms with Gasteiger partial charge in [0.1, 0.15) is 0 Å². The first kappa shape index (κ1) is 13.0. The van der Waals surface area contributed by atoms with E-state index in [9.17, 15) is 4.21 Å². The highest BCUT2D eigenvalue weighted by molar-refractivity contribution is 7.84. The summed E-state index contributed by atoms with van der Waals surface area (Å²) >= 11 is 0. The second-order valence-corrected chi connectivity index (χ2v) is 5.90. The highest BCUT2D eigenvalue weighted by Gasteiger charge is 2.05. The van der Waals surface area contributed by atoms with E-state index in [2.05, 4.69) is 5.32 Å². The minimum Gasteiger partial charge on any atom is -0.399 e. The van der Waals surface area contributed by atoms with Crippen molar-refractivity contribution in [3.63, 3.8) is 0 Å². The molecule has 0 fully saturated rings. The molecule has 2 atom stereocenters. The predicted molar refractivity (Wildman–Crippen MR) is 72.2 cm³/mol. The zero-order valence-electron chi connectivity index (χ0n) is 10.1. The molecule has 0 aliphatic heterocycles. The van der Waals surface area contributed by atoms with Gasteiger partial charge in [0.25, 0.3) is 0 Å². The molecule has 0 amide bonds. The quantitative estimate of drug-likeness (QED) is 0.775. The maximum absolute atomic E-state index is 11.2. The van der Waals surface area contributed by atoms with E-state index >= 15 is 0 Å². The molecule has 90 valence electrons. The molecule has 1 aromatic carbocycles. The van der Waals surface area contributed by atoms with Gasteiger partial charge in [0, 0.05) is 40.2 Å². The van der Waals surface area contributed by atoms with E-state index in [0.717, 1.165) is 29.9 Å². The summed E-state index contributed by atoms with van der Waals surface area (Å²) in [4.78, 5) is 0. The van der Waals surface area contributed by atoms with Crippen molar-refractivity contribution in [2.24, 2.45) is 0 Å². The number of nitrogen functional groups attached to an aromatic ring is 1. The minimum atomic E-state index is -0.736. The van der Waals surface area contributed by atoms with Crippen LogP contribution in [0.2, 0.25) is 0 Å². The largest absolute Gasteiger partial charge is 0.399 e. The molecule has 16 heavy (non-hydrogen) atoms. The van der Waals surface area contributed by atoms with E-state index < -0.39 is 10.8 Å². The summed E-state index contributed by atoms with van der Waals surface area (Å²) in [5.41, 5.74) is 8.70. The molecular formula is C12H20N2OS. The van der Waals surface area contributed by atoms with Gasteiger partial charge in [-0.1, -0.05) is 6.92 Å². The molecule has 0 saturated heterocycles. The minimum absolute atomic E-state index is 0.238. The molecule has 0 aliphatic carbocycles. The number of nitrogens with two attached hydrogens (primary N) is 1. The fourth-order valence-electron chi connectivity index (χ4n) is 1.37. The first-order valence-corrected chi connectivity index (χ1v) is 7.05. The number of anilines is 2. The van der Waals surface area contributed by atoms with Crippen LogP contribution in [0.4, 0.5) is 11.4 Å².